The highest BCUT2D eigenvalue weighted by molar-refractivity contribution is 7.91. The van der Waals surface area contributed by atoms with Gasteiger partial charge in [-0.2, -0.15) is 0 Å². The zero-order valence-corrected chi connectivity index (χ0v) is 18.2. The topological polar surface area (TPSA) is 84.0 Å². The van der Waals surface area contributed by atoms with Gasteiger partial charge in [-0.3, -0.25) is 14.5 Å². The van der Waals surface area contributed by atoms with E-state index in [1.54, 1.807) is 0 Å². The molecule has 7 nitrogen and oxygen atoms in total. The quantitative estimate of drug-likeness (QED) is 0.623. The first kappa shape index (κ1) is 21.1. The maximum Gasteiger partial charge on any atom is 0.323 e. The molecule has 2 saturated heterocycles. The lowest BCUT2D eigenvalue weighted by molar-refractivity contribution is -0.148. The number of fused-ring (bicyclic) bond motifs is 1. The molecule has 4 fully saturated rings. The number of carbonyl (C=O) groups excluding carboxylic acids is 2. The number of hydrogen-bond donors (Lipinski definition) is 0. The molecule has 1 amide bonds. The van der Waals surface area contributed by atoms with Crippen molar-refractivity contribution >= 4 is 21.7 Å². The molecule has 4 atom stereocenters. The maximum atomic E-state index is 13.6. The molecule has 2 saturated carbocycles. The number of ether oxygens (including phenoxy) is 1. The fourth-order valence-electron chi connectivity index (χ4n) is 6.27. The summed E-state index contributed by atoms with van der Waals surface area (Å²) in [5, 5.41) is 0. The number of sulfone groups is 1. The van der Waals surface area contributed by atoms with Gasteiger partial charge in [0.1, 0.15) is 6.04 Å². The summed E-state index contributed by atoms with van der Waals surface area (Å²) in [5.41, 5.74) is 0. The Morgan fingerprint density at radius 1 is 1.00 bits per heavy atom. The summed E-state index contributed by atoms with van der Waals surface area (Å²) >= 11 is 0. The van der Waals surface area contributed by atoms with Crippen LogP contribution in [0, 0.1) is 5.92 Å². The minimum absolute atomic E-state index is 0.000809. The van der Waals surface area contributed by atoms with E-state index < -0.39 is 9.84 Å². The molecule has 164 valence electrons. The predicted octanol–water partition coefficient (Wildman–Crippen LogP) is 1.75. The number of hydrogen-bond acceptors (Lipinski definition) is 6. The molecular formula is C21H34N2O5S. The molecule has 0 aromatic heterocycles. The Kier molecular flexibility index (Phi) is 6.21. The lowest BCUT2D eigenvalue weighted by Gasteiger charge is -2.38. The minimum atomic E-state index is -3.06. The van der Waals surface area contributed by atoms with Crippen molar-refractivity contribution in [2.24, 2.45) is 5.92 Å². The molecule has 0 bridgehead atoms. The van der Waals surface area contributed by atoms with E-state index in [9.17, 15) is 18.0 Å². The van der Waals surface area contributed by atoms with Crippen molar-refractivity contribution < 1.29 is 22.7 Å². The predicted molar refractivity (Wildman–Crippen MR) is 109 cm³/mol. The van der Waals surface area contributed by atoms with Crippen LogP contribution in [0.15, 0.2) is 0 Å². The van der Waals surface area contributed by atoms with Crippen molar-refractivity contribution in [3.8, 4) is 0 Å². The monoisotopic (exact) mass is 426 g/mol. The molecule has 4 unspecified atom stereocenters. The van der Waals surface area contributed by atoms with E-state index in [0.717, 1.165) is 51.4 Å². The second kappa shape index (κ2) is 8.53. The van der Waals surface area contributed by atoms with Gasteiger partial charge in [0.15, 0.2) is 9.84 Å². The molecule has 0 radical (unpaired) electrons. The zero-order valence-electron chi connectivity index (χ0n) is 17.4. The van der Waals surface area contributed by atoms with E-state index in [2.05, 4.69) is 4.90 Å². The van der Waals surface area contributed by atoms with Gasteiger partial charge in [-0.05, 0) is 44.4 Å². The third-order valence-corrected chi connectivity index (χ3v) is 9.37. The minimum Gasteiger partial charge on any atom is -0.468 e. The maximum absolute atomic E-state index is 13.6. The molecule has 2 aliphatic carbocycles. The van der Waals surface area contributed by atoms with Crippen LogP contribution in [0.3, 0.4) is 0 Å². The van der Waals surface area contributed by atoms with E-state index in [-0.39, 0.29) is 54.1 Å². The van der Waals surface area contributed by atoms with Gasteiger partial charge in [0.25, 0.3) is 0 Å². The molecule has 0 aromatic carbocycles. The first-order valence-electron chi connectivity index (χ1n) is 11.2. The van der Waals surface area contributed by atoms with Gasteiger partial charge in [0.05, 0.1) is 25.2 Å². The van der Waals surface area contributed by atoms with Crippen molar-refractivity contribution in [1.29, 1.82) is 0 Å². The Labute approximate surface area is 174 Å². The fraction of sp³-hybridized carbons (Fsp3) is 0.905. The van der Waals surface area contributed by atoms with Gasteiger partial charge in [-0.15, -0.1) is 0 Å². The summed E-state index contributed by atoms with van der Waals surface area (Å²) in [7, 11) is -1.64. The van der Waals surface area contributed by atoms with Crippen LogP contribution in [0.1, 0.15) is 64.2 Å². The molecule has 8 heteroatoms. The van der Waals surface area contributed by atoms with Crippen LogP contribution in [0.25, 0.3) is 0 Å². The number of methoxy groups -OCH3 is 1. The summed E-state index contributed by atoms with van der Waals surface area (Å²) < 4.78 is 29.2. The molecule has 29 heavy (non-hydrogen) atoms. The third-order valence-electron chi connectivity index (χ3n) is 7.62. The van der Waals surface area contributed by atoms with Crippen molar-refractivity contribution in [2.75, 3.05) is 25.2 Å². The standard InChI is InChI=1S/C21H34N2O5S/c1-28-21(25)19-12-15-6-2-5-9-18(15)22(19)13-20(24)23(16-7-3-4-8-16)17-10-11-29(26,27)14-17/h15-19H,2-14H2,1H3. The summed E-state index contributed by atoms with van der Waals surface area (Å²) in [6.45, 7) is 0.202. The molecule has 2 heterocycles. The number of likely N-dealkylation sites (tertiary alicyclic amines) is 1. The van der Waals surface area contributed by atoms with Gasteiger partial charge in [0.2, 0.25) is 5.91 Å². The average Bonchev–Trinajstić information content (AvgIpc) is 3.42. The Morgan fingerprint density at radius 2 is 1.69 bits per heavy atom. The van der Waals surface area contributed by atoms with Crippen LogP contribution < -0.4 is 0 Å². The number of esters is 1. The lowest BCUT2D eigenvalue weighted by Crippen LogP contribution is -2.53. The summed E-state index contributed by atoms with van der Waals surface area (Å²) in [4.78, 5) is 30.0. The van der Waals surface area contributed by atoms with Gasteiger partial charge >= 0.3 is 5.97 Å². The molecule has 4 rings (SSSR count). The summed E-state index contributed by atoms with van der Waals surface area (Å²) in [6.07, 6.45) is 9.84. The average molecular weight is 427 g/mol. The second-order valence-electron chi connectivity index (χ2n) is 9.36. The van der Waals surface area contributed by atoms with E-state index in [1.165, 1.54) is 13.5 Å². The van der Waals surface area contributed by atoms with Crippen LogP contribution >= 0.6 is 0 Å². The van der Waals surface area contributed by atoms with Crippen molar-refractivity contribution in [1.82, 2.24) is 9.80 Å². The smallest absolute Gasteiger partial charge is 0.323 e. The van der Waals surface area contributed by atoms with E-state index >= 15 is 0 Å². The fourth-order valence-corrected chi connectivity index (χ4v) is 7.98. The zero-order chi connectivity index (χ0) is 20.6. The van der Waals surface area contributed by atoms with Crippen LogP contribution in [0.5, 0.6) is 0 Å². The summed E-state index contributed by atoms with van der Waals surface area (Å²) in [6, 6.07) is -0.164. The van der Waals surface area contributed by atoms with Crippen LogP contribution in [0.2, 0.25) is 0 Å². The Bertz CT molecular complexity index is 733. The number of nitrogens with zero attached hydrogens (tertiary/aromatic N) is 2. The van der Waals surface area contributed by atoms with Crippen molar-refractivity contribution in [2.45, 2.75) is 88.4 Å². The Morgan fingerprint density at radius 3 is 2.34 bits per heavy atom. The number of amides is 1. The van der Waals surface area contributed by atoms with E-state index in [1.807, 2.05) is 4.90 Å². The normalized spacial score (nSPS) is 34.8. The highest BCUT2D eigenvalue weighted by Crippen LogP contribution is 2.40. The van der Waals surface area contributed by atoms with Gasteiger partial charge in [0, 0.05) is 18.1 Å². The molecule has 0 spiro atoms. The van der Waals surface area contributed by atoms with Crippen LogP contribution in [-0.4, -0.2) is 79.4 Å². The number of rotatable bonds is 5. The first-order chi connectivity index (χ1) is 13.9. The van der Waals surface area contributed by atoms with Crippen molar-refractivity contribution in [3.63, 3.8) is 0 Å². The largest absolute Gasteiger partial charge is 0.468 e. The molecule has 0 N–H and O–H groups in total. The summed E-state index contributed by atoms with van der Waals surface area (Å²) in [5.74, 6) is 0.462. The molecule has 4 aliphatic rings. The highest BCUT2D eigenvalue weighted by Gasteiger charge is 2.48. The van der Waals surface area contributed by atoms with Gasteiger partial charge in [-0.1, -0.05) is 25.7 Å². The van der Waals surface area contributed by atoms with Gasteiger partial charge < -0.3 is 9.64 Å². The van der Waals surface area contributed by atoms with E-state index in [4.69, 9.17) is 4.74 Å². The highest BCUT2D eigenvalue weighted by atomic mass is 32.2. The Hall–Kier alpha value is -1.15. The lowest BCUT2D eigenvalue weighted by atomic mass is 9.85. The van der Waals surface area contributed by atoms with Crippen LogP contribution in [0.4, 0.5) is 0 Å². The molecule has 0 aromatic rings. The van der Waals surface area contributed by atoms with Crippen LogP contribution in [-0.2, 0) is 24.2 Å². The van der Waals surface area contributed by atoms with Crippen molar-refractivity contribution in [3.05, 3.63) is 0 Å². The SMILES string of the molecule is COC(=O)C1CC2CCCCC2N1CC(=O)N(C1CCCC1)C1CCS(=O)(=O)C1. The Balaban J connectivity index is 1.54. The number of carbonyl (C=O) groups is 2. The van der Waals surface area contributed by atoms with Gasteiger partial charge in [-0.25, -0.2) is 8.42 Å². The van der Waals surface area contributed by atoms with E-state index in [0.29, 0.717) is 12.3 Å². The third kappa shape index (κ3) is 4.33. The molecule has 2 aliphatic heterocycles. The first-order valence-corrected chi connectivity index (χ1v) is 13.1. The molecular weight excluding hydrogens is 392 g/mol. The second-order valence-corrected chi connectivity index (χ2v) is 11.6.